The Labute approximate surface area is 221 Å². The lowest BCUT2D eigenvalue weighted by Crippen LogP contribution is -2.21. The first-order chi connectivity index (χ1) is 16.7. The van der Waals surface area contributed by atoms with Crippen LogP contribution in [0.1, 0.15) is 22.3 Å². The van der Waals surface area contributed by atoms with Gasteiger partial charge in [-0.1, -0.05) is 51.8 Å². The summed E-state index contributed by atoms with van der Waals surface area (Å²) in [5, 5.41) is 15.3. The SMILES string of the molecule is Cc1ccc(NC(=O)COc2c(Br)cc(Br)cc2/C=C(/C#N)C(=O)Nc2ccccc2C)c(C)c1. The van der Waals surface area contributed by atoms with Crippen LogP contribution in [0.2, 0.25) is 0 Å². The van der Waals surface area contributed by atoms with Crippen molar-refractivity contribution >= 4 is 61.1 Å². The maximum absolute atomic E-state index is 12.8. The quantitative estimate of drug-likeness (QED) is 0.234. The second-order valence-corrected chi connectivity index (χ2v) is 9.67. The normalized spacial score (nSPS) is 10.9. The lowest BCUT2D eigenvalue weighted by atomic mass is 10.1. The summed E-state index contributed by atoms with van der Waals surface area (Å²) >= 11 is 6.87. The molecule has 0 saturated carbocycles. The molecule has 0 unspecified atom stereocenters. The molecule has 3 rings (SSSR count). The van der Waals surface area contributed by atoms with Gasteiger partial charge in [0.05, 0.1) is 4.47 Å². The van der Waals surface area contributed by atoms with Crippen molar-refractivity contribution in [3.63, 3.8) is 0 Å². The van der Waals surface area contributed by atoms with E-state index in [1.165, 1.54) is 6.08 Å². The van der Waals surface area contributed by atoms with Crippen molar-refractivity contribution in [2.24, 2.45) is 0 Å². The van der Waals surface area contributed by atoms with Crippen LogP contribution in [0, 0.1) is 32.1 Å². The number of benzene rings is 3. The van der Waals surface area contributed by atoms with Gasteiger partial charge in [0.2, 0.25) is 0 Å². The molecule has 0 aliphatic carbocycles. The first-order valence-corrected chi connectivity index (χ1v) is 12.2. The highest BCUT2D eigenvalue weighted by atomic mass is 79.9. The van der Waals surface area contributed by atoms with Gasteiger partial charge >= 0.3 is 0 Å². The molecule has 8 heteroatoms. The second-order valence-electron chi connectivity index (χ2n) is 7.90. The summed E-state index contributed by atoms with van der Waals surface area (Å²) in [5.41, 5.74) is 4.61. The highest BCUT2D eigenvalue weighted by Gasteiger charge is 2.16. The van der Waals surface area contributed by atoms with Crippen molar-refractivity contribution < 1.29 is 14.3 Å². The summed E-state index contributed by atoms with van der Waals surface area (Å²) < 4.78 is 7.09. The van der Waals surface area contributed by atoms with Gasteiger partial charge in [0.25, 0.3) is 11.8 Å². The van der Waals surface area contributed by atoms with Gasteiger partial charge in [-0.25, -0.2) is 0 Å². The van der Waals surface area contributed by atoms with Crippen LogP contribution in [0.15, 0.2) is 69.1 Å². The molecule has 35 heavy (non-hydrogen) atoms. The number of anilines is 2. The van der Waals surface area contributed by atoms with E-state index in [4.69, 9.17) is 4.74 Å². The van der Waals surface area contributed by atoms with E-state index in [0.29, 0.717) is 31.6 Å². The van der Waals surface area contributed by atoms with Gasteiger partial charge in [0.1, 0.15) is 17.4 Å². The summed E-state index contributed by atoms with van der Waals surface area (Å²) in [6, 6.07) is 18.5. The summed E-state index contributed by atoms with van der Waals surface area (Å²) in [7, 11) is 0. The second kappa shape index (κ2) is 11.8. The van der Waals surface area contributed by atoms with E-state index in [9.17, 15) is 14.9 Å². The predicted octanol–water partition coefficient (Wildman–Crippen LogP) is 6.70. The topological polar surface area (TPSA) is 91.2 Å². The third-order valence-corrected chi connectivity index (χ3v) is 6.15. The maximum Gasteiger partial charge on any atom is 0.266 e. The van der Waals surface area contributed by atoms with Crippen LogP contribution in [0.5, 0.6) is 5.75 Å². The third kappa shape index (κ3) is 7.04. The molecule has 0 heterocycles. The summed E-state index contributed by atoms with van der Waals surface area (Å²) in [4.78, 5) is 25.3. The van der Waals surface area contributed by atoms with E-state index in [-0.39, 0.29) is 18.1 Å². The van der Waals surface area contributed by atoms with Crippen molar-refractivity contribution in [3.05, 3.63) is 91.4 Å². The molecule has 178 valence electrons. The van der Waals surface area contributed by atoms with Crippen molar-refractivity contribution in [1.29, 1.82) is 5.26 Å². The van der Waals surface area contributed by atoms with Crippen molar-refractivity contribution in [1.82, 2.24) is 0 Å². The van der Waals surface area contributed by atoms with Crippen LogP contribution in [-0.4, -0.2) is 18.4 Å². The molecule has 3 aromatic carbocycles. The summed E-state index contributed by atoms with van der Waals surface area (Å²) in [5.74, 6) is -0.545. The van der Waals surface area contributed by atoms with E-state index < -0.39 is 5.91 Å². The molecule has 2 N–H and O–H groups in total. The average Bonchev–Trinajstić information content (AvgIpc) is 2.80. The maximum atomic E-state index is 12.8. The van der Waals surface area contributed by atoms with Gasteiger partial charge in [0.15, 0.2) is 6.61 Å². The van der Waals surface area contributed by atoms with Gasteiger partial charge in [0, 0.05) is 21.4 Å². The molecule has 0 saturated heterocycles. The number of nitriles is 1. The zero-order chi connectivity index (χ0) is 25.5. The molecule has 0 aliphatic heterocycles. The fraction of sp³-hybridized carbons (Fsp3) is 0.148. The molecule has 2 amide bonds. The molecular formula is C27H23Br2N3O3. The molecule has 6 nitrogen and oxygen atoms in total. The largest absolute Gasteiger partial charge is 0.482 e. The number of hydrogen-bond acceptors (Lipinski definition) is 4. The van der Waals surface area contributed by atoms with Crippen LogP contribution in [0.4, 0.5) is 11.4 Å². The Morgan fingerprint density at radius 2 is 1.69 bits per heavy atom. The molecule has 0 aromatic heterocycles. The Morgan fingerprint density at radius 1 is 0.971 bits per heavy atom. The molecular weight excluding hydrogens is 574 g/mol. The van der Waals surface area contributed by atoms with Gasteiger partial charge in [-0.3, -0.25) is 9.59 Å². The molecule has 0 atom stereocenters. The lowest BCUT2D eigenvalue weighted by Gasteiger charge is -2.14. The van der Waals surface area contributed by atoms with Gasteiger partial charge in [-0.15, -0.1) is 0 Å². The Hall–Kier alpha value is -3.41. The van der Waals surface area contributed by atoms with E-state index in [1.807, 2.05) is 57.2 Å². The molecule has 0 aliphatic rings. The zero-order valence-corrected chi connectivity index (χ0v) is 22.6. The van der Waals surface area contributed by atoms with E-state index in [1.54, 1.807) is 24.3 Å². The Morgan fingerprint density at radius 3 is 2.37 bits per heavy atom. The van der Waals surface area contributed by atoms with Crippen molar-refractivity contribution in [3.8, 4) is 11.8 Å². The minimum absolute atomic E-state index is 0.108. The van der Waals surface area contributed by atoms with Crippen LogP contribution < -0.4 is 15.4 Å². The number of carbonyl (C=O) groups excluding carboxylic acids is 2. The number of nitrogens with one attached hydrogen (secondary N) is 2. The van der Waals surface area contributed by atoms with Crippen molar-refractivity contribution in [2.75, 3.05) is 17.2 Å². The fourth-order valence-electron chi connectivity index (χ4n) is 3.32. The highest BCUT2D eigenvalue weighted by molar-refractivity contribution is 9.11. The standard InChI is InChI=1S/C27H23Br2N3O3/c1-16-8-9-24(18(3)10-16)31-25(33)15-35-26-19(12-21(28)13-22(26)29)11-20(14-30)27(34)32-23-7-5-4-6-17(23)2/h4-13H,15H2,1-3H3,(H,31,33)(H,32,34)/b20-11-. The molecule has 0 bridgehead atoms. The highest BCUT2D eigenvalue weighted by Crippen LogP contribution is 2.34. The monoisotopic (exact) mass is 595 g/mol. The molecule has 3 aromatic rings. The number of ether oxygens (including phenoxy) is 1. The number of rotatable bonds is 7. The molecule has 0 radical (unpaired) electrons. The lowest BCUT2D eigenvalue weighted by molar-refractivity contribution is -0.118. The number of hydrogen-bond donors (Lipinski definition) is 2. The minimum Gasteiger partial charge on any atom is -0.482 e. The summed E-state index contributed by atoms with van der Waals surface area (Å²) in [6.45, 7) is 5.51. The fourth-order valence-corrected chi connectivity index (χ4v) is 4.70. The number of aryl methyl sites for hydroxylation is 3. The molecule has 0 fully saturated rings. The van der Waals surface area contributed by atoms with Gasteiger partial charge < -0.3 is 15.4 Å². The number of amides is 2. The van der Waals surface area contributed by atoms with Crippen LogP contribution in [0.3, 0.4) is 0 Å². The Bertz CT molecular complexity index is 1360. The van der Waals surface area contributed by atoms with Crippen LogP contribution in [-0.2, 0) is 9.59 Å². The predicted molar refractivity (Wildman–Crippen MR) is 145 cm³/mol. The molecule has 0 spiro atoms. The number of halogens is 2. The Kier molecular flexibility index (Phi) is 8.85. The third-order valence-electron chi connectivity index (χ3n) is 5.10. The average molecular weight is 597 g/mol. The zero-order valence-electron chi connectivity index (χ0n) is 19.4. The van der Waals surface area contributed by atoms with E-state index in [0.717, 1.165) is 16.7 Å². The smallest absolute Gasteiger partial charge is 0.266 e. The van der Waals surface area contributed by atoms with E-state index >= 15 is 0 Å². The summed E-state index contributed by atoms with van der Waals surface area (Å²) in [6.07, 6.45) is 1.43. The first-order valence-electron chi connectivity index (χ1n) is 10.7. The van der Waals surface area contributed by atoms with Gasteiger partial charge in [-0.2, -0.15) is 5.26 Å². The van der Waals surface area contributed by atoms with Gasteiger partial charge in [-0.05, 0) is 78.2 Å². The van der Waals surface area contributed by atoms with Crippen LogP contribution in [0.25, 0.3) is 6.08 Å². The van der Waals surface area contributed by atoms with Crippen molar-refractivity contribution in [2.45, 2.75) is 20.8 Å². The number of para-hydroxylation sites is 1. The minimum atomic E-state index is -0.545. The van der Waals surface area contributed by atoms with Crippen LogP contribution >= 0.6 is 31.9 Å². The first kappa shape index (κ1) is 26.2. The Balaban J connectivity index is 1.81. The number of nitrogens with zero attached hydrogens (tertiary/aromatic N) is 1. The number of carbonyl (C=O) groups is 2. The van der Waals surface area contributed by atoms with E-state index in [2.05, 4.69) is 42.5 Å².